The molecular formula is C8H10ClNO. The molecule has 3 heteroatoms. The summed E-state index contributed by atoms with van der Waals surface area (Å²) in [6.45, 7) is 0.999. The van der Waals surface area contributed by atoms with Crippen LogP contribution in [0.3, 0.4) is 0 Å². The van der Waals surface area contributed by atoms with Gasteiger partial charge in [-0.05, 0) is 30.2 Å². The third kappa shape index (κ3) is 1.40. The van der Waals surface area contributed by atoms with Crippen LogP contribution in [0.25, 0.3) is 0 Å². The molecule has 0 amide bonds. The molecule has 2 rings (SSSR count). The number of hydrogen-bond donors (Lipinski definition) is 2. The number of halogens is 1. The first kappa shape index (κ1) is 8.21. The third-order valence-electron chi connectivity index (χ3n) is 1.80. The van der Waals surface area contributed by atoms with Crippen LogP contribution in [0.5, 0.6) is 5.75 Å². The summed E-state index contributed by atoms with van der Waals surface area (Å²) in [4.78, 5) is 0. The van der Waals surface area contributed by atoms with Crippen LogP contribution < -0.4 is 5.32 Å². The fourth-order valence-electron chi connectivity index (χ4n) is 1.29. The topological polar surface area (TPSA) is 32.3 Å². The number of nitrogens with one attached hydrogen (secondary N) is 1. The summed E-state index contributed by atoms with van der Waals surface area (Å²) in [5.74, 6) is 0.363. The molecule has 0 aromatic heterocycles. The maximum atomic E-state index is 9.07. The molecule has 11 heavy (non-hydrogen) atoms. The second kappa shape index (κ2) is 3.01. The molecule has 0 unspecified atom stereocenters. The fourth-order valence-corrected chi connectivity index (χ4v) is 1.29. The van der Waals surface area contributed by atoms with E-state index in [1.54, 1.807) is 6.07 Å². The van der Waals surface area contributed by atoms with Crippen LogP contribution >= 0.6 is 12.4 Å². The van der Waals surface area contributed by atoms with Crippen molar-refractivity contribution in [2.45, 2.75) is 6.42 Å². The van der Waals surface area contributed by atoms with E-state index in [-0.39, 0.29) is 12.4 Å². The van der Waals surface area contributed by atoms with Crippen LogP contribution in [0.15, 0.2) is 18.2 Å². The normalized spacial score (nSPS) is 13.1. The largest absolute Gasteiger partial charge is 0.508 e. The summed E-state index contributed by atoms with van der Waals surface area (Å²) >= 11 is 0. The Morgan fingerprint density at radius 1 is 1.36 bits per heavy atom. The molecule has 0 fully saturated rings. The van der Waals surface area contributed by atoms with Gasteiger partial charge in [-0.25, -0.2) is 0 Å². The summed E-state index contributed by atoms with van der Waals surface area (Å²) in [5.41, 5.74) is 2.39. The summed E-state index contributed by atoms with van der Waals surface area (Å²) in [7, 11) is 0. The zero-order valence-electron chi connectivity index (χ0n) is 6.00. The van der Waals surface area contributed by atoms with Crippen LogP contribution in [-0.4, -0.2) is 11.7 Å². The average Bonchev–Trinajstić information content (AvgIpc) is 2.33. The van der Waals surface area contributed by atoms with E-state index >= 15 is 0 Å². The highest BCUT2D eigenvalue weighted by atomic mass is 35.5. The Balaban J connectivity index is 0.000000605. The Morgan fingerprint density at radius 2 is 2.18 bits per heavy atom. The average molecular weight is 172 g/mol. The lowest BCUT2D eigenvalue weighted by Gasteiger charge is -1.97. The van der Waals surface area contributed by atoms with E-state index in [9.17, 15) is 0 Å². The van der Waals surface area contributed by atoms with Crippen LogP contribution in [-0.2, 0) is 6.42 Å². The monoisotopic (exact) mass is 171 g/mol. The molecule has 1 aromatic carbocycles. The number of hydrogen-bond acceptors (Lipinski definition) is 2. The third-order valence-corrected chi connectivity index (χ3v) is 1.80. The van der Waals surface area contributed by atoms with Gasteiger partial charge in [0.05, 0.1) is 0 Å². The minimum atomic E-state index is 0. The molecule has 1 aliphatic rings. The SMILES string of the molecule is Cl.Oc1ccc2c(c1)CCN2. The van der Waals surface area contributed by atoms with Gasteiger partial charge in [0.15, 0.2) is 0 Å². The standard InChI is InChI=1S/C8H9NO.ClH/c10-7-1-2-8-6(5-7)3-4-9-8;/h1-2,5,9-10H,3-4H2;1H. The van der Waals surface area contributed by atoms with Crippen molar-refractivity contribution < 1.29 is 5.11 Å². The van der Waals surface area contributed by atoms with Gasteiger partial charge >= 0.3 is 0 Å². The van der Waals surface area contributed by atoms with Crippen molar-refractivity contribution in [3.8, 4) is 5.75 Å². The highest BCUT2D eigenvalue weighted by molar-refractivity contribution is 5.85. The summed E-state index contributed by atoms with van der Waals surface area (Å²) in [6, 6.07) is 5.43. The molecular weight excluding hydrogens is 162 g/mol. The molecule has 2 N–H and O–H groups in total. The molecule has 0 aliphatic carbocycles. The number of phenols is 1. The molecule has 0 saturated carbocycles. The first-order valence-corrected chi connectivity index (χ1v) is 3.42. The molecule has 0 atom stereocenters. The lowest BCUT2D eigenvalue weighted by atomic mass is 10.1. The number of benzene rings is 1. The highest BCUT2D eigenvalue weighted by Crippen LogP contribution is 2.25. The van der Waals surface area contributed by atoms with Gasteiger partial charge in [-0.2, -0.15) is 0 Å². The van der Waals surface area contributed by atoms with Crippen molar-refractivity contribution in [1.82, 2.24) is 0 Å². The van der Waals surface area contributed by atoms with Gasteiger partial charge in [0.2, 0.25) is 0 Å². The number of aromatic hydroxyl groups is 1. The van der Waals surface area contributed by atoms with Crippen molar-refractivity contribution >= 4 is 18.1 Å². The Labute approximate surface area is 71.7 Å². The van der Waals surface area contributed by atoms with Crippen molar-refractivity contribution in [3.63, 3.8) is 0 Å². The van der Waals surface area contributed by atoms with Gasteiger partial charge in [-0.15, -0.1) is 12.4 Å². The summed E-state index contributed by atoms with van der Waals surface area (Å²) in [5, 5.41) is 12.3. The molecule has 0 radical (unpaired) electrons. The Hall–Kier alpha value is -0.890. The molecule has 1 heterocycles. The lowest BCUT2D eigenvalue weighted by molar-refractivity contribution is 0.475. The second-order valence-corrected chi connectivity index (χ2v) is 2.52. The van der Waals surface area contributed by atoms with Gasteiger partial charge in [0.1, 0.15) is 5.75 Å². The Morgan fingerprint density at radius 3 is 3.00 bits per heavy atom. The van der Waals surface area contributed by atoms with Gasteiger partial charge < -0.3 is 10.4 Å². The number of phenolic OH excluding ortho intramolecular Hbond substituents is 1. The summed E-state index contributed by atoms with van der Waals surface area (Å²) in [6.07, 6.45) is 1.03. The maximum Gasteiger partial charge on any atom is 0.116 e. The van der Waals surface area contributed by atoms with Crippen LogP contribution in [0.2, 0.25) is 0 Å². The van der Waals surface area contributed by atoms with Gasteiger partial charge in [-0.1, -0.05) is 0 Å². The zero-order chi connectivity index (χ0) is 6.97. The predicted octanol–water partition coefficient (Wildman–Crippen LogP) is 1.78. The molecule has 0 bridgehead atoms. The van der Waals surface area contributed by atoms with Gasteiger partial charge in [0, 0.05) is 12.2 Å². The van der Waals surface area contributed by atoms with Crippen molar-refractivity contribution in [1.29, 1.82) is 0 Å². The Kier molecular flexibility index (Phi) is 2.25. The number of fused-ring (bicyclic) bond motifs is 1. The van der Waals surface area contributed by atoms with Crippen molar-refractivity contribution in [3.05, 3.63) is 23.8 Å². The zero-order valence-corrected chi connectivity index (χ0v) is 6.82. The van der Waals surface area contributed by atoms with E-state index in [2.05, 4.69) is 5.32 Å². The van der Waals surface area contributed by atoms with Gasteiger partial charge in [-0.3, -0.25) is 0 Å². The fraction of sp³-hybridized carbons (Fsp3) is 0.250. The lowest BCUT2D eigenvalue weighted by Crippen LogP contribution is -1.90. The van der Waals surface area contributed by atoms with E-state index in [4.69, 9.17) is 5.11 Å². The maximum absolute atomic E-state index is 9.07. The quantitative estimate of drug-likeness (QED) is 0.584. The van der Waals surface area contributed by atoms with Gasteiger partial charge in [0.25, 0.3) is 0 Å². The predicted molar refractivity (Wildman–Crippen MR) is 47.5 cm³/mol. The minimum absolute atomic E-state index is 0. The first-order chi connectivity index (χ1) is 4.86. The van der Waals surface area contributed by atoms with Crippen LogP contribution in [0.1, 0.15) is 5.56 Å². The van der Waals surface area contributed by atoms with E-state index in [0.29, 0.717) is 5.75 Å². The Bertz CT molecular complexity index is 262. The number of anilines is 1. The molecule has 1 aliphatic heterocycles. The molecule has 0 saturated heterocycles. The van der Waals surface area contributed by atoms with E-state index in [1.165, 1.54) is 5.56 Å². The smallest absolute Gasteiger partial charge is 0.116 e. The molecule has 2 nitrogen and oxygen atoms in total. The van der Waals surface area contributed by atoms with Crippen molar-refractivity contribution in [2.24, 2.45) is 0 Å². The van der Waals surface area contributed by atoms with E-state index < -0.39 is 0 Å². The van der Waals surface area contributed by atoms with Crippen molar-refractivity contribution in [2.75, 3.05) is 11.9 Å². The first-order valence-electron chi connectivity index (χ1n) is 3.42. The molecule has 60 valence electrons. The molecule has 0 spiro atoms. The van der Waals surface area contributed by atoms with E-state index in [0.717, 1.165) is 18.7 Å². The number of rotatable bonds is 0. The summed E-state index contributed by atoms with van der Waals surface area (Å²) < 4.78 is 0. The van der Waals surface area contributed by atoms with Crippen LogP contribution in [0.4, 0.5) is 5.69 Å². The highest BCUT2D eigenvalue weighted by Gasteiger charge is 2.08. The van der Waals surface area contributed by atoms with Crippen LogP contribution in [0, 0.1) is 0 Å². The van der Waals surface area contributed by atoms with E-state index in [1.807, 2.05) is 12.1 Å². The minimum Gasteiger partial charge on any atom is -0.508 e. The molecule has 1 aromatic rings. The second-order valence-electron chi connectivity index (χ2n) is 2.52.